The van der Waals surface area contributed by atoms with E-state index in [1.54, 1.807) is 16.8 Å². The number of aromatic nitrogens is 6. The molecule has 126 valence electrons. The third-order valence-corrected chi connectivity index (χ3v) is 3.94. The van der Waals surface area contributed by atoms with Crippen LogP contribution in [0.3, 0.4) is 0 Å². The summed E-state index contributed by atoms with van der Waals surface area (Å²) in [7, 11) is 0. The molecule has 0 aliphatic carbocycles. The van der Waals surface area contributed by atoms with Crippen molar-refractivity contribution in [2.24, 2.45) is 0 Å². The zero-order valence-electron chi connectivity index (χ0n) is 13.6. The summed E-state index contributed by atoms with van der Waals surface area (Å²) in [6.07, 6.45) is 3.57. The molecule has 0 atom stereocenters. The quantitative estimate of drug-likeness (QED) is 0.607. The van der Waals surface area contributed by atoms with Crippen LogP contribution in [0.5, 0.6) is 0 Å². The highest BCUT2D eigenvalue weighted by Crippen LogP contribution is 2.12. The second-order valence-corrected chi connectivity index (χ2v) is 6.15. The Bertz CT molecular complexity index is 1110. The van der Waals surface area contributed by atoms with Gasteiger partial charge in [-0.1, -0.05) is 11.6 Å². The van der Waals surface area contributed by atoms with E-state index in [0.717, 1.165) is 17.0 Å². The lowest BCUT2D eigenvalue weighted by molar-refractivity contribution is 0.0940. The lowest BCUT2D eigenvalue weighted by Crippen LogP contribution is -2.24. The molecule has 0 aromatic carbocycles. The number of imidazole rings is 1. The minimum Gasteiger partial charge on any atom is -0.344 e. The van der Waals surface area contributed by atoms with E-state index in [4.69, 9.17) is 11.6 Å². The van der Waals surface area contributed by atoms with Gasteiger partial charge in [0.2, 0.25) is 5.82 Å². The molecule has 0 saturated heterocycles. The summed E-state index contributed by atoms with van der Waals surface area (Å²) in [4.78, 5) is 25.2. The lowest BCUT2D eigenvalue weighted by atomic mass is 10.4. The lowest BCUT2D eigenvalue weighted by Gasteiger charge is -1.98. The van der Waals surface area contributed by atoms with Crippen LogP contribution in [-0.4, -0.2) is 34.9 Å². The molecule has 1 amide bonds. The maximum Gasteiger partial charge on any atom is 0.291 e. The van der Waals surface area contributed by atoms with E-state index in [1.807, 2.05) is 36.6 Å². The van der Waals surface area contributed by atoms with Crippen LogP contribution < -0.4 is 5.32 Å². The number of nitrogens with zero attached hydrogens (tertiary/aromatic N) is 6. The van der Waals surface area contributed by atoms with Crippen molar-refractivity contribution in [3.05, 3.63) is 58.5 Å². The number of hydrogen-bond donors (Lipinski definition) is 1. The van der Waals surface area contributed by atoms with Crippen LogP contribution in [0.1, 0.15) is 27.7 Å². The monoisotopic (exact) mass is 355 g/mol. The van der Waals surface area contributed by atoms with E-state index in [0.29, 0.717) is 16.5 Å². The number of carbonyl (C=O) groups excluding carboxylic acids is 1. The molecule has 0 bridgehead atoms. The van der Waals surface area contributed by atoms with E-state index in [2.05, 4.69) is 25.4 Å². The van der Waals surface area contributed by atoms with Crippen LogP contribution in [0.25, 0.3) is 11.4 Å². The van der Waals surface area contributed by atoms with Crippen molar-refractivity contribution in [2.75, 3.05) is 0 Å². The highest BCUT2D eigenvalue weighted by Gasteiger charge is 2.15. The van der Waals surface area contributed by atoms with Crippen molar-refractivity contribution in [2.45, 2.75) is 20.4 Å². The molecule has 0 spiro atoms. The Morgan fingerprint density at radius 1 is 1.20 bits per heavy atom. The van der Waals surface area contributed by atoms with Crippen LogP contribution in [0.15, 0.2) is 30.6 Å². The smallest absolute Gasteiger partial charge is 0.291 e. The zero-order chi connectivity index (χ0) is 17.6. The zero-order valence-corrected chi connectivity index (χ0v) is 14.3. The number of pyridine rings is 1. The van der Waals surface area contributed by atoms with Crippen LogP contribution in [0, 0.1) is 13.8 Å². The highest BCUT2D eigenvalue weighted by atomic mass is 35.5. The van der Waals surface area contributed by atoms with Gasteiger partial charge in [-0.15, -0.1) is 5.10 Å². The maximum atomic E-state index is 12.3. The van der Waals surface area contributed by atoms with Gasteiger partial charge in [0.25, 0.3) is 11.7 Å². The minimum absolute atomic E-state index is 0.0769. The molecule has 4 aromatic rings. The number of amides is 1. The maximum absolute atomic E-state index is 12.3. The Hall–Kier alpha value is -3.00. The van der Waals surface area contributed by atoms with E-state index in [-0.39, 0.29) is 18.3 Å². The molecule has 4 rings (SSSR count). The second-order valence-electron chi connectivity index (χ2n) is 5.71. The fourth-order valence-corrected chi connectivity index (χ4v) is 2.78. The number of carbonyl (C=O) groups is 1. The molecule has 0 aliphatic rings. The van der Waals surface area contributed by atoms with Crippen LogP contribution in [-0.2, 0) is 6.54 Å². The Labute approximate surface area is 147 Å². The fraction of sp³-hybridized carbons (Fsp3) is 0.188. The number of rotatable bonds is 3. The van der Waals surface area contributed by atoms with Crippen LogP contribution in [0.4, 0.5) is 0 Å². The average Bonchev–Trinajstić information content (AvgIpc) is 3.15. The Morgan fingerprint density at radius 3 is 2.88 bits per heavy atom. The van der Waals surface area contributed by atoms with Gasteiger partial charge in [-0.05, 0) is 32.0 Å². The van der Waals surface area contributed by atoms with Gasteiger partial charge in [0.05, 0.1) is 17.3 Å². The standard InChI is InChI=1S/C16H14ClN7O/c1-9-5-10(2)24-16(19-9)21-14(22-24)15(25)18-6-12-8-23-7-11(17)3-4-13(23)20-12/h3-5,7-8H,6H2,1-2H3,(H,18,25). The summed E-state index contributed by atoms with van der Waals surface area (Å²) in [5.74, 6) is 0.107. The van der Waals surface area contributed by atoms with Crippen molar-refractivity contribution in [3.8, 4) is 0 Å². The molecular weight excluding hydrogens is 342 g/mol. The third-order valence-electron chi connectivity index (χ3n) is 3.72. The molecule has 1 N–H and O–H groups in total. The van der Waals surface area contributed by atoms with Gasteiger partial charge in [-0.2, -0.15) is 4.98 Å². The van der Waals surface area contributed by atoms with Gasteiger partial charge in [-0.25, -0.2) is 14.5 Å². The predicted octanol–water partition coefficient (Wildman–Crippen LogP) is 1.97. The fourth-order valence-electron chi connectivity index (χ4n) is 2.61. The number of aryl methyl sites for hydroxylation is 2. The van der Waals surface area contributed by atoms with Crippen molar-refractivity contribution < 1.29 is 4.79 Å². The predicted molar refractivity (Wildman–Crippen MR) is 91.6 cm³/mol. The first kappa shape index (κ1) is 15.5. The van der Waals surface area contributed by atoms with Gasteiger partial charge < -0.3 is 9.72 Å². The van der Waals surface area contributed by atoms with E-state index in [9.17, 15) is 4.79 Å². The van der Waals surface area contributed by atoms with E-state index < -0.39 is 0 Å². The highest BCUT2D eigenvalue weighted by molar-refractivity contribution is 6.30. The average molecular weight is 356 g/mol. The minimum atomic E-state index is -0.377. The first-order chi connectivity index (χ1) is 12.0. The summed E-state index contributed by atoms with van der Waals surface area (Å²) in [5.41, 5.74) is 3.17. The first-order valence-corrected chi connectivity index (χ1v) is 8.00. The molecule has 4 heterocycles. The molecular formula is C16H14ClN7O. The normalized spacial score (nSPS) is 11.3. The van der Waals surface area contributed by atoms with Gasteiger partial charge >= 0.3 is 0 Å². The Kier molecular flexibility index (Phi) is 3.61. The molecule has 0 saturated carbocycles. The summed E-state index contributed by atoms with van der Waals surface area (Å²) in [5, 5.41) is 7.60. The number of halogens is 1. The van der Waals surface area contributed by atoms with Crippen molar-refractivity contribution in [1.82, 2.24) is 34.3 Å². The third kappa shape index (κ3) is 2.91. The molecule has 0 aliphatic heterocycles. The van der Waals surface area contributed by atoms with Crippen molar-refractivity contribution in [1.29, 1.82) is 0 Å². The van der Waals surface area contributed by atoms with Crippen molar-refractivity contribution in [3.63, 3.8) is 0 Å². The topological polar surface area (TPSA) is 89.5 Å². The number of fused-ring (bicyclic) bond motifs is 2. The SMILES string of the molecule is Cc1cc(C)n2nc(C(=O)NCc3cn4cc(Cl)ccc4n3)nc2n1. The van der Waals surface area contributed by atoms with Crippen LogP contribution >= 0.6 is 11.6 Å². The summed E-state index contributed by atoms with van der Waals surface area (Å²) in [6, 6.07) is 5.46. The molecule has 0 fully saturated rings. The Balaban J connectivity index is 1.54. The molecule has 0 radical (unpaired) electrons. The Morgan fingerprint density at radius 2 is 2.04 bits per heavy atom. The molecule has 9 heteroatoms. The second kappa shape index (κ2) is 5.82. The van der Waals surface area contributed by atoms with Gasteiger partial charge in [0, 0.05) is 23.8 Å². The summed E-state index contributed by atoms with van der Waals surface area (Å²) >= 11 is 5.95. The number of nitrogens with one attached hydrogen (secondary N) is 1. The largest absolute Gasteiger partial charge is 0.344 e. The van der Waals surface area contributed by atoms with E-state index >= 15 is 0 Å². The molecule has 25 heavy (non-hydrogen) atoms. The van der Waals surface area contributed by atoms with Crippen LogP contribution in [0.2, 0.25) is 5.02 Å². The van der Waals surface area contributed by atoms with Gasteiger partial charge in [-0.3, -0.25) is 4.79 Å². The molecule has 4 aromatic heterocycles. The van der Waals surface area contributed by atoms with Gasteiger partial charge in [0.1, 0.15) is 5.65 Å². The number of hydrogen-bond acceptors (Lipinski definition) is 5. The first-order valence-electron chi connectivity index (χ1n) is 7.62. The molecule has 8 nitrogen and oxygen atoms in total. The molecule has 0 unspecified atom stereocenters. The summed E-state index contributed by atoms with van der Waals surface area (Å²) in [6.45, 7) is 4.02. The van der Waals surface area contributed by atoms with Crippen molar-refractivity contribution >= 4 is 28.9 Å². The van der Waals surface area contributed by atoms with E-state index in [1.165, 1.54) is 0 Å². The van der Waals surface area contributed by atoms with Gasteiger partial charge in [0.15, 0.2) is 0 Å². The summed E-state index contributed by atoms with van der Waals surface area (Å²) < 4.78 is 3.36.